The molecule has 2 aliphatic heterocycles. The van der Waals surface area contributed by atoms with Crippen molar-refractivity contribution >= 4 is 75.9 Å². The summed E-state index contributed by atoms with van der Waals surface area (Å²) in [6, 6.07) is -1.04. The monoisotopic (exact) mass is 649 g/mol. The van der Waals surface area contributed by atoms with Crippen LogP contribution in [0.5, 0.6) is 0 Å². The van der Waals surface area contributed by atoms with Gasteiger partial charge in [-0.15, -0.1) is 28.2 Å². The van der Waals surface area contributed by atoms with Gasteiger partial charge in [0.05, 0.1) is 13.0 Å². The van der Waals surface area contributed by atoms with Crippen molar-refractivity contribution in [3.05, 3.63) is 34.5 Å². The number of hydrogen-bond acceptors (Lipinski definition) is 14. The van der Waals surface area contributed by atoms with Gasteiger partial charge in [0.25, 0.3) is 11.8 Å². The standard InChI is InChI=1S/C23H23N9O8S3/c33-10-24-22-25-13(9-42-22)15(28-40-12-3-1-2-4-12)18(36)26-16-19(37)32-17(21(38)39)11(7-41-20(16)32)8-43-23-27-29-30-31(23)6-5-14(34)35/h1,3,9-10,12,16,20H,2,4-8H2,(H,26,36)(H,34,35)(H,38,39)(H,24,25,33)/b28-15-/t12?,16?,20-/m1/s1. The molecule has 0 saturated carbocycles. The van der Waals surface area contributed by atoms with Crippen LogP contribution < -0.4 is 10.6 Å². The first kappa shape index (κ1) is 30.2. The number of anilines is 1. The van der Waals surface area contributed by atoms with Gasteiger partial charge < -0.3 is 25.7 Å². The number of thioether (sulfide) groups is 2. The first-order chi connectivity index (χ1) is 20.8. The van der Waals surface area contributed by atoms with Crippen molar-refractivity contribution in [1.82, 2.24) is 35.4 Å². The molecule has 1 fully saturated rings. The van der Waals surface area contributed by atoms with E-state index in [1.54, 1.807) is 0 Å². The van der Waals surface area contributed by atoms with Gasteiger partial charge in [-0.2, -0.15) is 0 Å². The number of allylic oxidation sites excluding steroid dienone is 1. The topological polar surface area (TPSA) is 231 Å². The Morgan fingerprint density at radius 2 is 2.14 bits per heavy atom. The fraction of sp³-hybridized carbons (Fsp3) is 0.391. The number of fused-ring (bicyclic) bond motifs is 1. The Hall–Kier alpha value is -4.30. The van der Waals surface area contributed by atoms with Gasteiger partial charge in [0.1, 0.15) is 28.9 Å². The number of aliphatic carboxylic acids is 2. The number of nitrogens with zero attached hydrogens (tertiary/aromatic N) is 7. The first-order valence-corrected chi connectivity index (χ1v) is 15.6. The zero-order valence-electron chi connectivity index (χ0n) is 22.0. The van der Waals surface area contributed by atoms with Crippen LogP contribution in [0.1, 0.15) is 25.0 Å². The minimum Gasteiger partial charge on any atom is -0.481 e. The summed E-state index contributed by atoms with van der Waals surface area (Å²) in [5.74, 6) is -3.30. The smallest absolute Gasteiger partial charge is 0.352 e. The molecule has 3 amide bonds. The van der Waals surface area contributed by atoms with E-state index in [4.69, 9.17) is 9.94 Å². The van der Waals surface area contributed by atoms with Crippen molar-refractivity contribution in [2.45, 2.75) is 48.5 Å². The number of β-lactam (4-membered cyclic amide) rings is 1. The lowest BCUT2D eigenvalue weighted by atomic mass is 10.0. The molecule has 4 N–H and O–H groups in total. The molecule has 2 aromatic heterocycles. The van der Waals surface area contributed by atoms with Crippen LogP contribution in [0, 0.1) is 0 Å². The molecule has 4 heterocycles. The maximum atomic E-state index is 13.3. The average Bonchev–Trinajstić information content (AvgIpc) is 3.76. The number of rotatable bonds is 14. The summed E-state index contributed by atoms with van der Waals surface area (Å²) in [7, 11) is 0. The van der Waals surface area contributed by atoms with Crippen molar-refractivity contribution in [2.75, 3.05) is 16.8 Å². The molecule has 226 valence electrons. The number of hydrogen-bond donors (Lipinski definition) is 4. The third kappa shape index (κ3) is 6.70. The summed E-state index contributed by atoms with van der Waals surface area (Å²) >= 11 is 3.47. The van der Waals surface area contributed by atoms with Crippen molar-refractivity contribution in [1.29, 1.82) is 0 Å². The highest BCUT2D eigenvalue weighted by atomic mass is 32.2. The van der Waals surface area contributed by atoms with Crippen LogP contribution in [0.4, 0.5) is 5.13 Å². The van der Waals surface area contributed by atoms with E-state index in [1.807, 2.05) is 12.2 Å². The molecular formula is C23H23N9O8S3. The van der Waals surface area contributed by atoms with Gasteiger partial charge in [-0.25, -0.2) is 14.5 Å². The second-order valence-electron chi connectivity index (χ2n) is 9.12. The minimum absolute atomic E-state index is 0.0435. The van der Waals surface area contributed by atoms with Crippen molar-refractivity contribution < 1.29 is 39.0 Å². The third-order valence-corrected chi connectivity index (χ3v) is 9.50. The lowest BCUT2D eigenvalue weighted by Crippen LogP contribution is -2.71. The molecule has 2 unspecified atom stereocenters. The lowest BCUT2D eigenvalue weighted by molar-refractivity contribution is -0.150. The number of thiazole rings is 1. The summed E-state index contributed by atoms with van der Waals surface area (Å²) < 4.78 is 1.31. The molecule has 0 aromatic carbocycles. The predicted octanol–water partition coefficient (Wildman–Crippen LogP) is 0.143. The highest BCUT2D eigenvalue weighted by molar-refractivity contribution is 8.01. The van der Waals surface area contributed by atoms with Crippen molar-refractivity contribution in [3.8, 4) is 0 Å². The molecule has 3 aliphatic rings. The number of carboxylic acids is 2. The van der Waals surface area contributed by atoms with E-state index in [2.05, 4.69) is 36.3 Å². The number of aryl methyl sites for hydroxylation is 1. The number of aromatic nitrogens is 5. The van der Waals surface area contributed by atoms with E-state index in [9.17, 15) is 29.1 Å². The maximum Gasteiger partial charge on any atom is 0.352 e. The molecule has 17 nitrogen and oxygen atoms in total. The normalized spacial score (nSPS) is 21.3. The Morgan fingerprint density at radius 1 is 1.30 bits per heavy atom. The second kappa shape index (κ2) is 13.3. The molecule has 43 heavy (non-hydrogen) atoms. The van der Waals surface area contributed by atoms with Crippen LogP contribution in [0.3, 0.4) is 0 Å². The highest BCUT2D eigenvalue weighted by Gasteiger charge is 2.54. The van der Waals surface area contributed by atoms with Crippen LogP contribution in [-0.4, -0.2) is 105 Å². The van der Waals surface area contributed by atoms with E-state index in [0.29, 0.717) is 23.6 Å². The van der Waals surface area contributed by atoms with Gasteiger partial charge in [0, 0.05) is 16.9 Å². The SMILES string of the molecule is O=CNc1nc(/C(=N/OC2C=CCC2)C(=O)NC2C(=O)N3C(C(=O)O)=C(CSc4nnnn4CCC(=O)O)CS[C@H]23)cs1. The van der Waals surface area contributed by atoms with Gasteiger partial charge in [0.2, 0.25) is 11.6 Å². The first-order valence-electron chi connectivity index (χ1n) is 12.6. The Morgan fingerprint density at radius 3 is 2.86 bits per heavy atom. The molecule has 0 spiro atoms. The predicted molar refractivity (Wildman–Crippen MR) is 152 cm³/mol. The zero-order valence-corrected chi connectivity index (χ0v) is 24.4. The third-order valence-electron chi connectivity index (χ3n) is 6.34. The van der Waals surface area contributed by atoms with Crippen molar-refractivity contribution in [3.63, 3.8) is 0 Å². The summed E-state index contributed by atoms with van der Waals surface area (Å²) in [4.78, 5) is 71.3. The second-order valence-corrected chi connectivity index (χ2v) is 12.0. The number of oxime groups is 1. The number of amides is 3. The molecule has 3 atom stereocenters. The fourth-order valence-corrected chi connectivity index (χ4v) is 7.36. The minimum atomic E-state index is -1.30. The molecule has 5 rings (SSSR count). The van der Waals surface area contributed by atoms with Crippen molar-refractivity contribution in [2.24, 2.45) is 5.16 Å². The fourth-order valence-electron chi connectivity index (χ4n) is 4.31. The van der Waals surface area contributed by atoms with Gasteiger partial charge >= 0.3 is 11.9 Å². The van der Waals surface area contributed by atoms with E-state index >= 15 is 0 Å². The highest BCUT2D eigenvalue weighted by Crippen LogP contribution is 2.41. The molecular weight excluding hydrogens is 627 g/mol. The number of carbonyl (C=O) groups excluding carboxylic acids is 3. The zero-order chi connectivity index (χ0) is 30.5. The summed E-state index contributed by atoms with van der Waals surface area (Å²) in [5.41, 5.74) is 0.187. The average molecular weight is 650 g/mol. The Labute approximate surface area is 254 Å². The molecule has 0 bridgehead atoms. The van der Waals surface area contributed by atoms with Crippen LogP contribution in [-0.2, 0) is 35.4 Å². The Kier molecular flexibility index (Phi) is 9.36. The van der Waals surface area contributed by atoms with E-state index in [1.165, 1.54) is 21.8 Å². The summed E-state index contributed by atoms with van der Waals surface area (Å²) in [5, 5.41) is 40.5. The quantitative estimate of drug-likeness (QED) is 0.0533. The molecule has 2 aromatic rings. The molecule has 1 aliphatic carbocycles. The largest absolute Gasteiger partial charge is 0.481 e. The Balaban J connectivity index is 1.29. The number of tetrazole rings is 1. The number of carbonyl (C=O) groups is 5. The van der Waals surface area contributed by atoms with E-state index in [-0.39, 0.29) is 52.8 Å². The Bertz CT molecular complexity index is 1540. The van der Waals surface area contributed by atoms with Crippen LogP contribution >= 0.6 is 34.9 Å². The molecule has 0 radical (unpaired) electrons. The van der Waals surface area contributed by atoms with Gasteiger partial charge in [-0.05, 0) is 34.9 Å². The molecule has 1 saturated heterocycles. The van der Waals surface area contributed by atoms with E-state index < -0.39 is 35.2 Å². The van der Waals surface area contributed by atoms with E-state index in [0.717, 1.165) is 34.4 Å². The molecule has 20 heteroatoms. The number of nitrogens with one attached hydrogen (secondary N) is 2. The maximum absolute atomic E-state index is 13.3. The summed E-state index contributed by atoms with van der Waals surface area (Å²) in [6.45, 7) is 0.0435. The van der Waals surface area contributed by atoms with Crippen LogP contribution in [0.25, 0.3) is 0 Å². The lowest BCUT2D eigenvalue weighted by Gasteiger charge is -2.49. The summed E-state index contributed by atoms with van der Waals surface area (Å²) in [6.07, 6.45) is 5.16. The van der Waals surface area contributed by atoms with Gasteiger partial charge in [-0.3, -0.25) is 24.1 Å². The van der Waals surface area contributed by atoms with Gasteiger partial charge in [0.15, 0.2) is 10.8 Å². The van der Waals surface area contributed by atoms with Crippen LogP contribution in [0.2, 0.25) is 0 Å². The van der Waals surface area contributed by atoms with Crippen LogP contribution in [0.15, 0.2) is 39.1 Å². The number of carboxylic acid groups (broad SMARTS) is 2. The van der Waals surface area contributed by atoms with Gasteiger partial charge in [-0.1, -0.05) is 23.0 Å².